The molecule has 0 saturated heterocycles. The first-order valence-electron chi connectivity index (χ1n) is 5.47. The zero-order chi connectivity index (χ0) is 14.8. The van der Waals surface area contributed by atoms with Crippen molar-refractivity contribution in [2.75, 3.05) is 12.4 Å². The Balaban J connectivity index is 2.39. The van der Waals surface area contributed by atoms with Crippen LogP contribution < -0.4 is 5.32 Å². The van der Waals surface area contributed by atoms with Crippen LogP contribution in [0.1, 0.15) is 5.56 Å². The summed E-state index contributed by atoms with van der Waals surface area (Å²) < 4.78 is 37.6. The summed E-state index contributed by atoms with van der Waals surface area (Å²) in [5.41, 5.74) is 0.723. The van der Waals surface area contributed by atoms with Crippen LogP contribution in [0.3, 0.4) is 0 Å². The summed E-state index contributed by atoms with van der Waals surface area (Å²) in [5, 5.41) is 15.3. The van der Waals surface area contributed by atoms with Crippen molar-refractivity contribution in [2.45, 2.75) is 12.7 Å². The van der Waals surface area contributed by atoms with Gasteiger partial charge in [0.1, 0.15) is 12.6 Å². The molecule has 2 rings (SSSR count). The minimum Gasteiger partial charge on any atom is -0.357 e. The molecule has 2 aromatic heterocycles. The summed E-state index contributed by atoms with van der Waals surface area (Å²) in [4.78, 5) is 7.93. The third-order valence-electron chi connectivity index (χ3n) is 2.38. The van der Waals surface area contributed by atoms with Gasteiger partial charge in [0.2, 0.25) is 5.95 Å². The number of nitriles is 1. The van der Waals surface area contributed by atoms with Crippen LogP contribution in [0, 0.1) is 11.3 Å². The summed E-state index contributed by atoms with van der Waals surface area (Å²) in [5.74, 6) is 0.266. The van der Waals surface area contributed by atoms with Crippen LogP contribution in [-0.2, 0) is 6.54 Å². The number of hydrogen-bond donors (Lipinski definition) is 1. The van der Waals surface area contributed by atoms with Crippen LogP contribution in [0.15, 0.2) is 18.6 Å². The highest BCUT2D eigenvalue weighted by atomic mass is 19.4. The maximum Gasteiger partial charge on any atom is 0.408 e. The van der Waals surface area contributed by atoms with Crippen molar-refractivity contribution >= 4 is 5.95 Å². The number of alkyl halides is 3. The Labute approximate surface area is 111 Å². The Morgan fingerprint density at radius 2 is 2.15 bits per heavy atom. The Hall–Kier alpha value is -2.63. The van der Waals surface area contributed by atoms with E-state index in [0.29, 0.717) is 5.56 Å². The van der Waals surface area contributed by atoms with Crippen molar-refractivity contribution < 1.29 is 13.2 Å². The fourth-order valence-electron chi connectivity index (χ4n) is 1.56. The maximum absolute atomic E-state index is 12.3. The molecule has 0 aliphatic carbocycles. The molecule has 20 heavy (non-hydrogen) atoms. The van der Waals surface area contributed by atoms with Crippen LogP contribution in [0.4, 0.5) is 19.1 Å². The molecule has 104 valence electrons. The highest BCUT2D eigenvalue weighted by molar-refractivity contribution is 5.65. The summed E-state index contributed by atoms with van der Waals surface area (Å²) in [6.07, 6.45) is -0.636. The van der Waals surface area contributed by atoms with Crippen LogP contribution in [0.5, 0.6) is 0 Å². The van der Waals surface area contributed by atoms with Gasteiger partial charge in [0, 0.05) is 18.8 Å². The molecule has 0 unspecified atom stereocenters. The van der Waals surface area contributed by atoms with E-state index in [1.54, 1.807) is 7.05 Å². The van der Waals surface area contributed by atoms with Crippen molar-refractivity contribution in [2.24, 2.45) is 0 Å². The molecule has 0 aliphatic heterocycles. The second kappa shape index (κ2) is 5.16. The topological polar surface area (TPSA) is 79.4 Å². The number of hydrogen-bond acceptors (Lipinski definition) is 5. The molecule has 0 aliphatic rings. The van der Waals surface area contributed by atoms with Crippen molar-refractivity contribution in [1.82, 2.24) is 19.7 Å². The molecule has 2 heterocycles. The van der Waals surface area contributed by atoms with Gasteiger partial charge in [-0.15, -0.1) is 0 Å². The molecule has 1 N–H and O–H groups in total. The lowest BCUT2D eigenvalue weighted by Crippen LogP contribution is -2.17. The van der Waals surface area contributed by atoms with E-state index in [1.165, 1.54) is 18.6 Å². The number of halogens is 3. The molecule has 0 spiro atoms. The van der Waals surface area contributed by atoms with E-state index in [-0.39, 0.29) is 17.2 Å². The molecular weight excluding hydrogens is 273 g/mol. The molecular formula is C11H9F3N6. The third-order valence-corrected chi connectivity index (χ3v) is 2.38. The van der Waals surface area contributed by atoms with Crippen molar-refractivity contribution in [3.63, 3.8) is 0 Å². The fourth-order valence-corrected chi connectivity index (χ4v) is 1.56. The van der Waals surface area contributed by atoms with Gasteiger partial charge in [-0.05, 0) is 0 Å². The van der Waals surface area contributed by atoms with Crippen LogP contribution in [-0.4, -0.2) is 33.0 Å². The number of aromatic nitrogens is 4. The zero-order valence-corrected chi connectivity index (χ0v) is 10.3. The van der Waals surface area contributed by atoms with Crippen molar-refractivity contribution in [1.29, 1.82) is 5.26 Å². The van der Waals surface area contributed by atoms with Crippen LogP contribution >= 0.6 is 0 Å². The highest BCUT2D eigenvalue weighted by Gasteiger charge is 2.28. The van der Waals surface area contributed by atoms with Gasteiger partial charge in [-0.3, -0.25) is 4.68 Å². The Bertz CT molecular complexity index is 655. The minimum absolute atomic E-state index is 0.163. The van der Waals surface area contributed by atoms with Gasteiger partial charge in [-0.25, -0.2) is 9.97 Å². The smallest absolute Gasteiger partial charge is 0.357 e. The molecule has 6 nitrogen and oxygen atoms in total. The largest absolute Gasteiger partial charge is 0.408 e. The molecule has 0 aromatic carbocycles. The summed E-state index contributed by atoms with van der Waals surface area (Å²) in [6, 6.07) is 1.89. The van der Waals surface area contributed by atoms with Gasteiger partial charge in [-0.2, -0.15) is 23.5 Å². The van der Waals surface area contributed by atoms with Gasteiger partial charge in [-0.1, -0.05) is 0 Å². The van der Waals surface area contributed by atoms with Gasteiger partial charge in [0.05, 0.1) is 23.7 Å². The van der Waals surface area contributed by atoms with Crippen molar-refractivity contribution in [3.05, 3.63) is 24.2 Å². The van der Waals surface area contributed by atoms with E-state index in [0.717, 1.165) is 4.68 Å². The van der Waals surface area contributed by atoms with Gasteiger partial charge >= 0.3 is 6.18 Å². The normalized spacial score (nSPS) is 11.2. The predicted molar refractivity (Wildman–Crippen MR) is 63.6 cm³/mol. The summed E-state index contributed by atoms with van der Waals surface area (Å²) in [7, 11) is 1.60. The zero-order valence-electron chi connectivity index (χ0n) is 10.3. The first kappa shape index (κ1) is 13.8. The van der Waals surface area contributed by atoms with Gasteiger partial charge in [0.25, 0.3) is 0 Å². The summed E-state index contributed by atoms with van der Waals surface area (Å²) >= 11 is 0. The number of rotatable bonds is 3. The molecule has 9 heteroatoms. The third kappa shape index (κ3) is 3.03. The average molecular weight is 282 g/mol. The number of anilines is 1. The maximum atomic E-state index is 12.3. The molecule has 0 amide bonds. The van der Waals surface area contributed by atoms with E-state index in [1.807, 2.05) is 6.07 Å². The molecule has 0 radical (unpaired) electrons. The van der Waals surface area contributed by atoms with Gasteiger partial charge in [0.15, 0.2) is 0 Å². The van der Waals surface area contributed by atoms with E-state index in [2.05, 4.69) is 20.4 Å². The van der Waals surface area contributed by atoms with E-state index in [9.17, 15) is 13.2 Å². The van der Waals surface area contributed by atoms with Crippen LogP contribution in [0.25, 0.3) is 11.3 Å². The lowest BCUT2D eigenvalue weighted by atomic mass is 10.1. The van der Waals surface area contributed by atoms with E-state index >= 15 is 0 Å². The molecule has 2 aromatic rings. The second-order valence-corrected chi connectivity index (χ2v) is 3.86. The Morgan fingerprint density at radius 3 is 2.75 bits per heavy atom. The fraction of sp³-hybridized carbons (Fsp3) is 0.273. The van der Waals surface area contributed by atoms with Crippen molar-refractivity contribution in [3.8, 4) is 17.3 Å². The summed E-state index contributed by atoms with van der Waals surface area (Å²) in [6.45, 7) is -1.20. The van der Waals surface area contributed by atoms with Crippen LogP contribution in [0.2, 0.25) is 0 Å². The number of nitrogens with zero attached hydrogens (tertiary/aromatic N) is 5. The molecule has 0 fully saturated rings. The standard InChI is InChI=1S/C11H9F3N6/c1-16-10-17-3-7(2-15)9(19-10)8-4-18-20(5-8)6-11(12,13)14/h3-5H,6H2,1H3,(H,16,17,19). The molecule has 0 bridgehead atoms. The quantitative estimate of drug-likeness (QED) is 0.928. The lowest BCUT2D eigenvalue weighted by molar-refractivity contribution is -0.142. The first-order valence-corrected chi connectivity index (χ1v) is 5.47. The highest BCUT2D eigenvalue weighted by Crippen LogP contribution is 2.23. The first-order chi connectivity index (χ1) is 9.43. The van der Waals surface area contributed by atoms with E-state index in [4.69, 9.17) is 5.26 Å². The Kier molecular flexibility index (Phi) is 3.56. The monoisotopic (exact) mass is 282 g/mol. The minimum atomic E-state index is -4.36. The molecule has 0 atom stereocenters. The average Bonchev–Trinajstić information content (AvgIpc) is 2.84. The SMILES string of the molecule is CNc1ncc(C#N)c(-c2cnn(CC(F)(F)F)c2)n1. The van der Waals surface area contributed by atoms with Gasteiger partial charge < -0.3 is 5.32 Å². The van der Waals surface area contributed by atoms with E-state index < -0.39 is 12.7 Å². The predicted octanol–water partition coefficient (Wildman–Crippen LogP) is 1.82. The number of nitrogens with one attached hydrogen (secondary N) is 1. The second-order valence-electron chi connectivity index (χ2n) is 3.86. The Morgan fingerprint density at radius 1 is 1.40 bits per heavy atom. The molecule has 0 saturated carbocycles. The lowest BCUT2D eigenvalue weighted by Gasteiger charge is -2.05.